The molecule has 2 fully saturated rings. The molecule has 7 heteroatoms. The second kappa shape index (κ2) is 4.41. The molecular formula is C14H17N5O2. The Balaban J connectivity index is 1.65. The maximum Gasteiger partial charge on any atom is 0.322 e. The summed E-state index contributed by atoms with van der Waals surface area (Å²) in [6.07, 6.45) is 6.55. The van der Waals surface area contributed by atoms with Crippen molar-refractivity contribution in [2.24, 2.45) is 0 Å². The van der Waals surface area contributed by atoms with Gasteiger partial charge >= 0.3 is 6.03 Å². The van der Waals surface area contributed by atoms with E-state index in [1.807, 2.05) is 0 Å². The molecule has 110 valence electrons. The number of urea groups is 1. The standard InChI is InChI=1S/C14H17N5O2/c20-12-14(18-13(21)17-12)5-6-19(7-14)11-9-3-1-2-4-10(9)15-8-16-11/h8H,1-7H2,(H2,17,18,20,21). The van der Waals surface area contributed by atoms with E-state index in [4.69, 9.17) is 0 Å². The molecule has 0 radical (unpaired) electrons. The number of nitrogens with zero attached hydrogens (tertiary/aromatic N) is 3. The molecule has 7 nitrogen and oxygen atoms in total. The molecule has 0 aromatic carbocycles. The van der Waals surface area contributed by atoms with Crippen LogP contribution in [-0.4, -0.2) is 40.5 Å². The van der Waals surface area contributed by atoms with Crippen molar-refractivity contribution >= 4 is 17.8 Å². The third kappa shape index (κ3) is 1.87. The molecule has 4 rings (SSSR count). The number of anilines is 1. The first-order valence-electron chi connectivity index (χ1n) is 7.39. The molecule has 2 N–H and O–H groups in total. The molecule has 0 saturated carbocycles. The number of imide groups is 1. The summed E-state index contributed by atoms with van der Waals surface area (Å²) in [5.74, 6) is 0.712. The van der Waals surface area contributed by atoms with Crippen LogP contribution in [0.3, 0.4) is 0 Å². The molecule has 21 heavy (non-hydrogen) atoms. The van der Waals surface area contributed by atoms with Gasteiger partial charge in [0.25, 0.3) is 5.91 Å². The minimum absolute atomic E-state index is 0.224. The summed E-state index contributed by atoms with van der Waals surface area (Å²) in [4.78, 5) is 34.4. The van der Waals surface area contributed by atoms with Crippen LogP contribution in [-0.2, 0) is 17.6 Å². The average Bonchev–Trinajstić information content (AvgIpc) is 3.03. The second-order valence-electron chi connectivity index (χ2n) is 5.99. The number of hydrogen-bond donors (Lipinski definition) is 2. The predicted octanol–water partition coefficient (Wildman–Crippen LogP) is 0.144. The van der Waals surface area contributed by atoms with E-state index in [0.717, 1.165) is 37.3 Å². The average molecular weight is 287 g/mol. The highest BCUT2D eigenvalue weighted by Gasteiger charge is 2.51. The number of hydrogen-bond acceptors (Lipinski definition) is 5. The van der Waals surface area contributed by atoms with Crippen LogP contribution >= 0.6 is 0 Å². The predicted molar refractivity (Wildman–Crippen MR) is 74.9 cm³/mol. The van der Waals surface area contributed by atoms with Crippen LogP contribution in [0.15, 0.2) is 6.33 Å². The lowest BCUT2D eigenvalue weighted by Crippen LogP contribution is -2.49. The van der Waals surface area contributed by atoms with E-state index in [1.54, 1.807) is 6.33 Å². The number of aromatic nitrogens is 2. The van der Waals surface area contributed by atoms with Crippen molar-refractivity contribution in [3.8, 4) is 0 Å². The van der Waals surface area contributed by atoms with Gasteiger partial charge in [-0.3, -0.25) is 10.1 Å². The minimum Gasteiger partial charge on any atom is -0.353 e. The van der Waals surface area contributed by atoms with Gasteiger partial charge in [-0.2, -0.15) is 0 Å². The fraction of sp³-hybridized carbons (Fsp3) is 0.571. The summed E-state index contributed by atoms with van der Waals surface area (Å²) in [5.41, 5.74) is 1.56. The lowest BCUT2D eigenvalue weighted by Gasteiger charge is -2.25. The van der Waals surface area contributed by atoms with Gasteiger partial charge in [-0.1, -0.05) is 0 Å². The Morgan fingerprint density at radius 1 is 1.19 bits per heavy atom. The maximum absolute atomic E-state index is 12.0. The number of carbonyl (C=O) groups is 2. The van der Waals surface area contributed by atoms with Gasteiger partial charge < -0.3 is 10.2 Å². The van der Waals surface area contributed by atoms with Crippen molar-refractivity contribution in [3.63, 3.8) is 0 Å². The van der Waals surface area contributed by atoms with Crippen molar-refractivity contribution in [1.82, 2.24) is 20.6 Å². The molecule has 1 aromatic rings. The molecule has 0 bridgehead atoms. The maximum atomic E-state index is 12.0. The molecule has 1 unspecified atom stereocenters. The normalized spacial score (nSPS) is 27.7. The first-order valence-corrected chi connectivity index (χ1v) is 7.39. The second-order valence-corrected chi connectivity index (χ2v) is 5.99. The Hall–Kier alpha value is -2.18. The van der Waals surface area contributed by atoms with Crippen molar-refractivity contribution in [1.29, 1.82) is 0 Å². The number of carbonyl (C=O) groups excluding carboxylic acids is 2. The summed E-state index contributed by atoms with van der Waals surface area (Å²) in [6, 6.07) is -0.397. The molecule has 1 atom stereocenters. The number of amides is 3. The Morgan fingerprint density at radius 2 is 2.05 bits per heavy atom. The molecule has 3 heterocycles. The van der Waals surface area contributed by atoms with Gasteiger partial charge in [0, 0.05) is 17.8 Å². The van der Waals surface area contributed by atoms with Gasteiger partial charge in [0.2, 0.25) is 0 Å². The van der Waals surface area contributed by atoms with Crippen LogP contribution in [0, 0.1) is 0 Å². The number of aryl methyl sites for hydroxylation is 1. The van der Waals surface area contributed by atoms with Gasteiger partial charge in [0.1, 0.15) is 17.7 Å². The van der Waals surface area contributed by atoms with E-state index in [0.29, 0.717) is 13.0 Å². The fourth-order valence-electron chi connectivity index (χ4n) is 3.58. The summed E-state index contributed by atoms with van der Waals surface area (Å²) in [6.45, 7) is 1.20. The topological polar surface area (TPSA) is 87.2 Å². The third-order valence-corrected chi connectivity index (χ3v) is 4.69. The van der Waals surface area contributed by atoms with Crippen molar-refractivity contribution in [3.05, 3.63) is 17.6 Å². The molecule has 1 spiro atoms. The van der Waals surface area contributed by atoms with Crippen molar-refractivity contribution < 1.29 is 9.59 Å². The van der Waals surface area contributed by atoms with E-state index in [2.05, 4.69) is 25.5 Å². The summed E-state index contributed by atoms with van der Waals surface area (Å²) in [5, 5.41) is 5.11. The first kappa shape index (κ1) is 12.6. The van der Waals surface area contributed by atoms with E-state index in [9.17, 15) is 9.59 Å². The van der Waals surface area contributed by atoms with Crippen molar-refractivity contribution in [2.75, 3.05) is 18.0 Å². The molecule has 1 aromatic heterocycles. The zero-order valence-electron chi connectivity index (χ0n) is 11.7. The lowest BCUT2D eigenvalue weighted by molar-refractivity contribution is -0.123. The lowest BCUT2D eigenvalue weighted by atomic mass is 9.96. The highest BCUT2D eigenvalue weighted by molar-refractivity contribution is 6.07. The summed E-state index contributed by atoms with van der Waals surface area (Å²) in [7, 11) is 0. The number of rotatable bonds is 1. The quantitative estimate of drug-likeness (QED) is 0.718. The highest BCUT2D eigenvalue weighted by atomic mass is 16.2. The Bertz CT molecular complexity index is 632. The third-order valence-electron chi connectivity index (χ3n) is 4.69. The smallest absolute Gasteiger partial charge is 0.322 e. The minimum atomic E-state index is -0.788. The van der Waals surface area contributed by atoms with Crippen LogP contribution < -0.4 is 15.5 Å². The molecule has 3 amide bonds. The summed E-state index contributed by atoms with van der Waals surface area (Å²) >= 11 is 0. The number of nitrogens with one attached hydrogen (secondary N) is 2. The zero-order valence-corrected chi connectivity index (χ0v) is 11.7. The molecule has 2 aliphatic heterocycles. The Kier molecular flexibility index (Phi) is 2.63. The van der Waals surface area contributed by atoms with Crippen molar-refractivity contribution in [2.45, 2.75) is 37.6 Å². The first-order chi connectivity index (χ1) is 10.2. The molecule has 1 aliphatic carbocycles. The number of fused-ring (bicyclic) bond motifs is 1. The molecular weight excluding hydrogens is 270 g/mol. The summed E-state index contributed by atoms with van der Waals surface area (Å²) < 4.78 is 0. The van der Waals surface area contributed by atoms with Gasteiger partial charge in [-0.15, -0.1) is 0 Å². The van der Waals surface area contributed by atoms with Crippen LogP contribution in [0.4, 0.5) is 10.6 Å². The fourth-order valence-corrected chi connectivity index (χ4v) is 3.58. The van der Waals surface area contributed by atoms with Crippen LogP contribution in [0.2, 0.25) is 0 Å². The Labute approximate surface area is 122 Å². The highest BCUT2D eigenvalue weighted by Crippen LogP contribution is 2.32. The van der Waals surface area contributed by atoms with E-state index < -0.39 is 11.6 Å². The van der Waals surface area contributed by atoms with E-state index in [-0.39, 0.29) is 5.91 Å². The van der Waals surface area contributed by atoms with Gasteiger partial charge in [-0.05, 0) is 32.1 Å². The largest absolute Gasteiger partial charge is 0.353 e. The monoisotopic (exact) mass is 287 g/mol. The van der Waals surface area contributed by atoms with Crippen LogP contribution in [0.1, 0.15) is 30.5 Å². The van der Waals surface area contributed by atoms with Crippen LogP contribution in [0.25, 0.3) is 0 Å². The molecule has 2 saturated heterocycles. The van der Waals surface area contributed by atoms with E-state index in [1.165, 1.54) is 12.0 Å². The van der Waals surface area contributed by atoms with Crippen LogP contribution in [0.5, 0.6) is 0 Å². The van der Waals surface area contributed by atoms with Gasteiger partial charge in [0.15, 0.2) is 0 Å². The zero-order chi connectivity index (χ0) is 14.4. The Morgan fingerprint density at radius 3 is 2.86 bits per heavy atom. The van der Waals surface area contributed by atoms with Gasteiger partial charge in [-0.25, -0.2) is 14.8 Å². The SMILES string of the molecule is O=C1NC(=O)C2(CCN(c3ncnc4c3CCCC4)C2)N1. The molecule has 3 aliphatic rings. The van der Waals surface area contributed by atoms with Gasteiger partial charge in [0.05, 0.1) is 6.54 Å². The van der Waals surface area contributed by atoms with E-state index >= 15 is 0 Å².